The van der Waals surface area contributed by atoms with Gasteiger partial charge in [0.15, 0.2) is 18.1 Å². The average Bonchev–Trinajstić information content (AvgIpc) is 3.51. The van der Waals surface area contributed by atoms with E-state index >= 15 is 0 Å². The maximum absolute atomic E-state index is 12.9. The van der Waals surface area contributed by atoms with Crippen molar-refractivity contribution in [3.63, 3.8) is 0 Å². The van der Waals surface area contributed by atoms with Crippen LogP contribution in [0, 0.1) is 0 Å². The number of carbonyl (C=O) groups excluding carboxylic acids is 2. The highest BCUT2D eigenvalue weighted by Crippen LogP contribution is 2.34. The summed E-state index contributed by atoms with van der Waals surface area (Å²) >= 11 is 0. The van der Waals surface area contributed by atoms with Gasteiger partial charge in [0.05, 0.1) is 5.69 Å². The lowest BCUT2D eigenvalue weighted by Crippen LogP contribution is -2.21. The third-order valence-corrected chi connectivity index (χ3v) is 4.99. The molecule has 33 heavy (non-hydrogen) atoms. The number of rotatable bonds is 6. The molecule has 0 spiro atoms. The van der Waals surface area contributed by atoms with E-state index in [4.69, 9.17) is 14.2 Å². The van der Waals surface area contributed by atoms with Gasteiger partial charge in [-0.2, -0.15) is 5.10 Å². The summed E-state index contributed by atoms with van der Waals surface area (Å²) in [5.41, 5.74) is 2.82. The lowest BCUT2D eigenvalue weighted by molar-refractivity contribution is -0.119. The number of esters is 1. The second-order valence-electron chi connectivity index (χ2n) is 7.23. The third-order valence-electron chi connectivity index (χ3n) is 4.99. The summed E-state index contributed by atoms with van der Waals surface area (Å²) in [4.78, 5) is 25.3. The van der Waals surface area contributed by atoms with Crippen LogP contribution in [0.25, 0.3) is 16.9 Å². The van der Waals surface area contributed by atoms with Crippen LogP contribution in [-0.2, 0) is 9.53 Å². The molecule has 1 aromatic heterocycles. The molecular formula is C25H19N3O5. The summed E-state index contributed by atoms with van der Waals surface area (Å²) in [6.07, 6.45) is 1.61. The molecule has 3 aromatic carbocycles. The van der Waals surface area contributed by atoms with E-state index in [9.17, 15) is 9.59 Å². The van der Waals surface area contributed by atoms with E-state index in [0.29, 0.717) is 22.9 Å². The molecule has 2 heterocycles. The number of hydrogen-bond donors (Lipinski definition) is 1. The van der Waals surface area contributed by atoms with Crippen molar-refractivity contribution < 1.29 is 23.8 Å². The Kier molecular flexibility index (Phi) is 5.47. The number of nitrogens with one attached hydrogen (secondary N) is 1. The molecule has 0 radical (unpaired) electrons. The number of amides is 1. The van der Waals surface area contributed by atoms with Crippen molar-refractivity contribution in [1.82, 2.24) is 9.78 Å². The Morgan fingerprint density at radius 2 is 1.67 bits per heavy atom. The average molecular weight is 441 g/mol. The Morgan fingerprint density at radius 1 is 0.939 bits per heavy atom. The predicted molar refractivity (Wildman–Crippen MR) is 120 cm³/mol. The molecule has 8 heteroatoms. The molecule has 0 aliphatic carbocycles. The normalized spacial score (nSPS) is 11.8. The molecule has 8 nitrogen and oxygen atoms in total. The smallest absolute Gasteiger partial charge is 0.342 e. The summed E-state index contributed by atoms with van der Waals surface area (Å²) in [7, 11) is 0. The minimum absolute atomic E-state index is 0.144. The molecule has 0 saturated carbocycles. The van der Waals surface area contributed by atoms with Crippen molar-refractivity contribution in [1.29, 1.82) is 0 Å². The highest BCUT2D eigenvalue weighted by Gasteiger charge is 2.21. The van der Waals surface area contributed by atoms with Gasteiger partial charge in [0.1, 0.15) is 11.3 Å². The highest BCUT2D eigenvalue weighted by molar-refractivity contribution is 5.99. The van der Waals surface area contributed by atoms with Crippen LogP contribution in [0.5, 0.6) is 11.5 Å². The van der Waals surface area contributed by atoms with Gasteiger partial charge in [-0.25, -0.2) is 9.48 Å². The molecule has 4 aromatic rings. The zero-order valence-corrected chi connectivity index (χ0v) is 17.4. The number of fused-ring (bicyclic) bond motifs is 1. The van der Waals surface area contributed by atoms with Crippen LogP contribution in [0.4, 0.5) is 5.69 Å². The Hall–Kier alpha value is -4.59. The van der Waals surface area contributed by atoms with Gasteiger partial charge in [-0.15, -0.1) is 0 Å². The van der Waals surface area contributed by atoms with Gasteiger partial charge in [-0.3, -0.25) is 4.79 Å². The Bertz CT molecular complexity index is 1300. The van der Waals surface area contributed by atoms with E-state index in [1.165, 1.54) is 0 Å². The number of hydrogen-bond acceptors (Lipinski definition) is 6. The van der Waals surface area contributed by atoms with Crippen molar-refractivity contribution in [2.75, 3.05) is 18.7 Å². The summed E-state index contributed by atoms with van der Waals surface area (Å²) in [5.74, 6) is 0.0460. The highest BCUT2D eigenvalue weighted by atomic mass is 16.7. The Morgan fingerprint density at radius 3 is 2.45 bits per heavy atom. The summed E-state index contributed by atoms with van der Waals surface area (Å²) in [6, 6.07) is 23.8. The standard InChI is InChI=1S/C25H19N3O5/c29-23(26-18-11-12-21-22(13-18)33-16-32-21)15-31-25(30)20-14-28(19-9-5-2-6-10-19)27-24(20)17-7-3-1-4-8-17/h1-14H,15-16H2,(H,26,29). The fourth-order valence-electron chi connectivity index (χ4n) is 3.43. The number of aromatic nitrogens is 2. The van der Waals surface area contributed by atoms with Crippen molar-refractivity contribution in [2.24, 2.45) is 0 Å². The quantitative estimate of drug-likeness (QED) is 0.454. The SMILES string of the molecule is O=C(COC(=O)c1cn(-c2ccccc2)nc1-c1ccccc1)Nc1ccc2c(c1)OCO2. The minimum Gasteiger partial charge on any atom is -0.454 e. The predicted octanol–water partition coefficient (Wildman–Crippen LogP) is 4.06. The molecule has 5 rings (SSSR count). The summed E-state index contributed by atoms with van der Waals surface area (Å²) in [6.45, 7) is -0.303. The third kappa shape index (κ3) is 4.40. The van der Waals surface area contributed by atoms with Crippen LogP contribution >= 0.6 is 0 Å². The lowest BCUT2D eigenvalue weighted by Gasteiger charge is -2.07. The van der Waals surface area contributed by atoms with E-state index in [-0.39, 0.29) is 12.4 Å². The first-order valence-corrected chi connectivity index (χ1v) is 10.2. The largest absolute Gasteiger partial charge is 0.454 e. The summed E-state index contributed by atoms with van der Waals surface area (Å²) in [5, 5.41) is 7.27. The van der Waals surface area contributed by atoms with E-state index < -0.39 is 18.5 Å². The van der Waals surface area contributed by atoms with Crippen LogP contribution in [-0.4, -0.2) is 35.1 Å². The van der Waals surface area contributed by atoms with Crippen molar-refractivity contribution in [2.45, 2.75) is 0 Å². The van der Waals surface area contributed by atoms with E-state index in [0.717, 1.165) is 11.3 Å². The molecule has 0 bridgehead atoms. The minimum atomic E-state index is -0.642. The van der Waals surface area contributed by atoms with Gasteiger partial charge in [-0.05, 0) is 24.3 Å². The topological polar surface area (TPSA) is 91.7 Å². The number of benzene rings is 3. The van der Waals surface area contributed by atoms with Gasteiger partial charge < -0.3 is 19.5 Å². The molecule has 0 saturated heterocycles. The monoisotopic (exact) mass is 441 g/mol. The Labute approximate surface area is 189 Å². The van der Waals surface area contributed by atoms with Crippen LogP contribution < -0.4 is 14.8 Å². The van der Waals surface area contributed by atoms with Crippen LogP contribution in [0.15, 0.2) is 85.1 Å². The number of ether oxygens (including phenoxy) is 3. The molecule has 1 N–H and O–H groups in total. The number of carbonyl (C=O) groups is 2. The van der Waals surface area contributed by atoms with Crippen molar-refractivity contribution >= 4 is 17.6 Å². The molecule has 1 aliphatic heterocycles. The number of para-hydroxylation sites is 1. The van der Waals surface area contributed by atoms with Gasteiger partial charge in [0.25, 0.3) is 5.91 Å². The van der Waals surface area contributed by atoms with Crippen LogP contribution in [0.3, 0.4) is 0 Å². The van der Waals surface area contributed by atoms with E-state index in [1.54, 1.807) is 29.1 Å². The fourth-order valence-corrected chi connectivity index (χ4v) is 3.43. The molecular weight excluding hydrogens is 422 g/mol. The zero-order valence-electron chi connectivity index (χ0n) is 17.4. The van der Waals surface area contributed by atoms with Crippen LogP contribution in [0.2, 0.25) is 0 Å². The first kappa shape index (κ1) is 20.3. The first-order valence-electron chi connectivity index (χ1n) is 10.2. The van der Waals surface area contributed by atoms with Gasteiger partial charge in [0, 0.05) is 23.5 Å². The molecule has 0 atom stereocenters. The van der Waals surface area contributed by atoms with Crippen molar-refractivity contribution in [3.8, 4) is 28.4 Å². The van der Waals surface area contributed by atoms with Gasteiger partial charge in [-0.1, -0.05) is 48.5 Å². The van der Waals surface area contributed by atoms with E-state index in [2.05, 4.69) is 10.4 Å². The lowest BCUT2D eigenvalue weighted by atomic mass is 10.1. The molecule has 164 valence electrons. The maximum atomic E-state index is 12.9. The van der Waals surface area contributed by atoms with Crippen molar-refractivity contribution in [3.05, 3.63) is 90.6 Å². The molecule has 0 unspecified atom stereocenters. The Balaban J connectivity index is 1.32. The molecule has 1 amide bonds. The van der Waals surface area contributed by atoms with Gasteiger partial charge in [0.2, 0.25) is 6.79 Å². The first-order chi connectivity index (χ1) is 16.2. The second kappa shape index (κ2) is 8.88. The second-order valence-corrected chi connectivity index (χ2v) is 7.23. The maximum Gasteiger partial charge on any atom is 0.342 e. The molecule has 0 fully saturated rings. The number of anilines is 1. The zero-order chi connectivity index (χ0) is 22.6. The fraction of sp³-hybridized carbons (Fsp3) is 0.0800. The summed E-state index contributed by atoms with van der Waals surface area (Å²) < 4.78 is 17.5. The van der Waals surface area contributed by atoms with E-state index in [1.807, 2.05) is 60.7 Å². The number of nitrogens with zero attached hydrogens (tertiary/aromatic N) is 2. The molecule has 1 aliphatic rings. The van der Waals surface area contributed by atoms with Crippen LogP contribution in [0.1, 0.15) is 10.4 Å². The van der Waals surface area contributed by atoms with Gasteiger partial charge >= 0.3 is 5.97 Å².